The van der Waals surface area contributed by atoms with E-state index in [4.69, 9.17) is 4.74 Å². The molecule has 1 aliphatic rings. The first-order valence-corrected chi connectivity index (χ1v) is 4.70. The summed E-state index contributed by atoms with van der Waals surface area (Å²) in [7, 11) is 3.40. The van der Waals surface area contributed by atoms with Crippen molar-refractivity contribution in [1.82, 2.24) is 10.2 Å². The molecule has 2 atom stereocenters. The van der Waals surface area contributed by atoms with Gasteiger partial charge in [0.05, 0.1) is 0 Å². The molecule has 0 aliphatic carbocycles. The third kappa shape index (κ3) is 2.88. The largest absolute Gasteiger partial charge is 0.444 e. The normalized spacial score (nSPS) is 28.2. The van der Waals surface area contributed by atoms with Crippen molar-refractivity contribution in [2.24, 2.45) is 5.92 Å². The van der Waals surface area contributed by atoms with Crippen LogP contribution in [0.3, 0.4) is 0 Å². The van der Waals surface area contributed by atoms with Crippen LogP contribution in [0.25, 0.3) is 0 Å². The number of hydrogen-bond donors (Lipinski definition) is 1. The summed E-state index contributed by atoms with van der Waals surface area (Å²) >= 11 is 0. The molecule has 1 heterocycles. The first kappa shape index (κ1) is 10.3. The summed E-state index contributed by atoms with van der Waals surface area (Å²) in [4.78, 5) is 12.7. The quantitative estimate of drug-likeness (QED) is 0.655. The van der Waals surface area contributed by atoms with Crippen molar-refractivity contribution in [1.29, 1.82) is 0 Å². The van der Waals surface area contributed by atoms with E-state index in [1.807, 2.05) is 0 Å². The lowest BCUT2D eigenvalue weighted by atomic mass is 9.97. The van der Waals surface area contributed by atoms with Gasteiger partial charge in [0.1, 0.15) is 6.10 Å². The molecule has 0 saturated carbocycles. The second-order valence-corrected chi connectivity index (χ2v) is 3.79. The highest BCUT2D eigenvalue weighted by Crippen LogP contribution is 2.15. The van der Waals surface area contributed by atoms with E-state index in [0.29, 0.717) is 5.92 Å². The lowest BCUT2D eigenvalue weighted by molar-refractivity contribution is 0.0356. The number of nitrogens with zero attached hydrogens (tertiary/aromatic N) is 1. The Morgan fingerprint density at radius 1 is 1.54 bits per heavy atom. The van der Waals surface area contributed by atoms with Crippen molar-refractivity contribution in [3.05, 3.63) is 0 Å². The maximum absolute atomic E-state index is 11.2. The van der Waals surface area contributed by atoms with Gasteiger partial charge in [-0.2, -0.15) is 0 Å². The van der Waals surface area contributed by atoms with Crippen LogP contribution in [0.15, 0.2) is 0 Å². The van der Waals surface area contributed by atoms with Gasteiger partial charge < -0.3 is 15.0 Å². The summed E-state index contributed by atoms with van der Waals surface area (Å²) in [6.45, 7) is 3.92. The Kier molecular flexibility index (Phi) is 3.54. The van der Waals surface area contributed by atoms with Crippen LogP contribution >= 0.6 is 0 Å². The van der Waals surface area contributed by atoms with Gasteiger partial charge in [-0.3, -0.25) is 0 Å². The van der Waals surface area contributed by atoms with Gasteiger partial charge >= 0.3 is 6.09 Å². The number of carbonyl (C=O) groups is 1. The fourth-order valence-corrected chi connectivity index (χ4v) is 1.35. The van der Waals surface area contributed by atoms with Crippen LogP contribution in [-0.2, 0) is 4.74 Å². The molecule has 1 aliphatic heterocycles. The number of hydrogen-bond acceptors (Lipinski definition) is 3. The molecule has 1 rings (SSSR count). The van der Waals surface area contributed by atoms with Gasteiger partial charge in [-0.25, -0.2) is 4.79 Å². The highest BCUT2D eigenvalue weighted by molar-refractivity contribution is 5.67. The summed E-state index contributed by atoms with van der Waals surface area (Å²) in [6.07, 6.45) is 0.856. The fraction of sp³-hybridized carbons (Fsp3) is 0.889. The lowest BCUT2D eigenvalue weighted by Gasteiger charge is -2.29. The Morgan fingerprint density at radius 3 is 2.77 bits per heavy atom. The van der Waals surface area contributed by atoms with E-state index in [0.717, 1.165) is 19.5 Å². The lowest BCUT2D eigenvalue weighted by Crippen LogP contribution is -2.43. The molecule has 1 N–H and O–H groups in total. The molecule has 1 saturated heterocycles. The molecule has 1 fully saturated rings. The van der Waals surface area contributed by atoms with Crippen LogP contribution in [0, 0.1) is 5.92 Å². The Hall–Kier alpha value is -0.770. The van der Waals surface area contributed by atoms with Gasteiger partial charge in [-0.05, 0) is 18.9 Å². The zero-order chi connectivity index (χ0) is 9.84. The van der Waals surface area contributed by atoms with Gasteiger partial charge in [-0.15, -0.1) is 0 Å². The molecule has 1 amide bonds. The van der Waals surface area contributed by atoms with E-state index < -0.39 is 0 Å². The van der Waals surface area contributed by atoms with Gasteiger partial charge in [0.2, 0.25) is 0 Å². The van der Waals surface area contributed by atoms with Crippen molar-refractivity contribution < 1.29 is 9.53 Å². The van der Waals surface area contributed by atoms with Gasteiger partial charge in [0.25, 0.3) is 0 Å². The fourth-order valence-electron chi connectivity index (χ4n) is 1.35. The highest BCUT2D eigenvalue weighted by atomic mass is 16.6. The first-order chi connectivity index (χ1) is 6.11. The van der Waals surface area contributed by atoms with Crippen LogP contribution < -0.4 is 5.32 Å². The molecular weight excluding hydrogens is 168 g/mol. The minimum atomic E-state index is -0.249. The number of nitrogens with one attached hydrogen (secondary N) is 1. The molecule has 4 nitrogen and oxygen atoms in total. The van der Waals surface area contributed by atoms with E-state index >= 15 is 0 Å². The Morgan fingerprint density at radius 2 is 2.23 bits per heavy atom. The van der Waals surface area contributed by atoms with Crippen molar-refractivity contribution >= 4 is 6.09 Å². The third-order valence-corrected chi connectivity index (χ3v) is 2.37. The monoisotopic (exact) mass is 186 g/mol. The maximum Gasteiger partial charge on any atom is 0.409 e. The molecule has 76 valence electrons. The highest BCUT2D eigenvalue weighted by Gasteiger charge is 2.24. The molecular formula is C9H18N2O2. The SMILES string of the molecule is CC1CCNCC1OC(=O)N(C)C. The summed E-state index contributed by atoms with van der Waals surface area (Å²) in [6, 6.07) is 0. The van der Waals surface area contributed by atoms with Crippen molar-refractivity contribution in [2.75, 3.05) is 27.2 Å². The molecule has 13 heavy (non-hydrogen) atoms. The standard InChI is InChI=1S/C9H18N2O2/c1-7-4-5-10-6-8(7)13-9(12)11(2)3/h7-8,10H,4-6H2,1-3H3. The van der Waals surface area contributed by atoms with E-state index in [1.54, 1.807) is 14.1 Å². The van der Waals surface area contributed by atoms with E-state index in [-0.39, 0.29) is 12.2 Å². The number of ether oxygens (including phenoxy) is 1. The van der Waals surface area contributed by atoms with E-state index in [2.05, 4.69) is 12.2 Å². The molecule has 2 unspecified atom stereocenters. The Balaban J connectivity index is 2.38. The smallest absolute Gasteiger partial charge is 0.409 e. The average Bonchev–Trinajstić information content (AvgIpc) is 2.08. The third-order valence-electron chi connectivity index (χ3n) is 2.37. The first-order valence-electron chi connectivity index (χ1n) is 4.70. The number of piperidine rings is 1. The Labute approximate surface area is 79.2 Å². The van der Waals surface area contributed by atoms with Crippen molar-refractivity contribution in [3.63, 3.8) is 0 Å². The molecule has 4 heteroatoms. The van der Waals surface area contributed by atoms with Gasteiger partial charge in [0, 0.05) is 20.6 Å². The second kappa shape index (κ2) is 4.46. The van der Waals surface area contributed by atoms with Gasteiger partial charge in [-0.1, -0.05) is 6.92 Å². The predicted octanol–water partition coefficient (Wildman–Crippen LogP) is 0.683. The molecule has 0 aromatic rings. The summed E-state index contributed by atoms with van der Waals surface area (Å²) in [5, 5.41) is 3.21. The minimum Gasteiger partial charge on any atom is -0.444 e. The average molecular weight is 186 g/mol. The summed E-state index contributed by atoms with van der Waals surface area (Å²) in [5.74, 6) is 0.463. The van der Waals surface area contributed by atoms with Crippen LogP contribution in [-0.4, -0.2) is 44.3 Å². The number of amides is 1. The molecule has 0 bridgehead atoms. The van der Waals surface area contributed by atoms with E-state index in [9.17, 15) is 4.79 Å². The van der Waals surface area contributed by atoms with Crippen molar-refractivity contribution in [3.8, 4) is 0 Å². The zero-order valence-corrected chi connectivity index (χ0v) is 8.54. The maximum atomic E-state index is 11.2. The van der Waals surface area contributed by atoms with Crippen LogP contribution in [0.5, 0.6) is 0 Å². The number of rotatable bonds is 1. The molecule has 0 aromatic carbocycles. The topological polar surface area (TPSA) is 41.6 Å². The number of carbonyl (C=O) groups excluding carboxylic acids is 1. The summed E-state index contributed by atoms with van der Waals surface area (Å²) in [5.41, 5.74) is 0. The van der Waals surface area contributed by atoms with Crippen LogP contribution in [0.2, 0.25) is 0 Å². The molecule has 0 aromatic heterocycles. The second-order valence-electron chi connectivity index (χ2n) is 3.79. The minimum absolute atomic E-state index is 0.0312. The summed E-state index contributed by atoms with van der Waals surface area (Å²) < 4.78 is 5.29. The Bertz CT molecular complexity index is 182. The molecule has 0 spiro atoms. The van der Waals surface area contributed by atoms with Crippen LogP contribution in [0.1, 0.15) is 13.3 Å². The van der Waals surface area contributed by atoms with Crippen LogP contribution in [0.4, 0.5) is 4.79 Å². The zero-order valence-electron chi connectivity index (χ0n) is 8.54. The van der Waals surface area contributed by atoms with Crippen molar-refractivity contribution in [2.45, 2.75) is 19.4 Å². The molecule has 0 radical (unpaired) electrons. The van der Waals surface area contributed by atoms with E-state index in [1.165, 1.54) is 4.90 Å². The van der Waals surface area contributed by atoms with Gasteiger partial charge in [0.15, 0.2) is 0 Å². The predicted molar refractivity (Wildman–Crippen MR) is 50.6 cm³/mol.